The number of methoxy groups -OCH3 is 1. The van der Waals surface area contributed by atoms with Gasteiger partial charge in [-0.1, -0.05) is 0 Å². The first-order chi connectivity index (χ1) is 9.08. The van der Waals surface area contributed by atoms with Crippen molar-refractivity contribution in [3.63, 3.8) is 0 Å². The standard InChI is InChI=1S/C14H18O5/c1-4-18-14(16)7-8-19-12-6-5-11(10(2)15)9-13(12)17-3/h5-6,9H,4,7-8H2,1-3H3. The number of ketones is 1. The van der Waals surface area contributed by atoms with Gasteiger partial charge in [0.25, 0.3) is 0 Å². The van der Waals surface area contributed by atoms with Crippen molar-refractivity contribution >= 4 is 11.8 Å². The van der Waals surface area contributed by atoms with Gasteiger partial charge >= 0.3 is 5.97 Å². The van der Waals surface area contributed by atoms with Crippen LogP contribution in [-0.4, -0.2) is 32.1 Å². The molecular formula is C14H18O5. The molecule has 0 saturated carbocycles. The van der Waals surface area contributed by atoms with E-state index in [0.717, 1.165) is 0 Å². The minimum atomic E-state index is -0.304. The van der Waals surface area contributed by atoms with Crippen LogP contribution in [0.2, 0.25) is 0 Å². The summed E-state index contributed by atoms with van der Waals surface area (Å²) in [7, 11) is 1.50. The molecule has 0 amide bonds. The van der Waals surface area contributed by atoms with Crippen LogP contribution in [0.4, 0.5) is 0 Å². The summed E-state index contributed by atoms with van der Waals surface area (Å²) in [5.74, 6) is 0.617. The Morgan fingerprint density at radius 3 is 2.53 bits per heavy atom. The molecule has 1 rings (SSSR count). The largest absolute Gasteiger partial charge is 0.493 e. The van der Waals surface area contributed by atoms with Gasteiger partial charge in [-0.05, 0) is 32.0 Å². The van der Waals surface area contributed by atoms with Gasteiger partial charge in [0.05, 0.1) is 26.7 Å². The lowest BCUT2D eigenvalue weighted by Gasteiger charge is -2.11. The fourth-order valence-corrected chi connectivity index (χ4v) is 1.48. The second-order valence-electron chi connectivity index (χ2n) is 3.83. The van der Waals surface area contributed by atoms with Crippen molar-refractivity contribution < 1.29 is 23.8 Å². The molecule has 1 aromatic carbocycles. The van der Waals surface area contributed by atoms with E-state index in [2.05, 4.69) is 0 Å². The summed E-state index contributed by atoms with van der Waals surface area (Å²) in [6, 6.07) is 4.92. The lowest BCUT2D eigenvalue weighted by molar-refractivity contribution is -0.143. The first-order valence-electron chi connectivity index (χ1n) is 6.05. The molecule has 0 heterocycles. The Balaban J connectivity index is 2.63. The number of hydrogen-bond acceptors (Lipinski definition) is 5. The molecule has 0 bridgehead atoms. The Labute approximate surface area is 112 Å². The quantitative estimate of drug-likeness (QED) is 0.559. The Kier molecular flexibility index (Phi) is 5.85. The Hall–Kier alpha value is -2.04. The van der Waals surface area contributed by atoms with Crippen molar-refractivity contribution in [1.29, 1.82) is 0 Å². The maximum absolute atomic E-state index is 11.2. The fraction of sp³-hybridized carbons (Fsp3) is 0.429. The third-order valence-electron chi connectivity index (χ3n) is 2.44. The number of ether oxygens (including phenoxy) is 3. The van der Waals surface area contributed by atoms with Crippen LogP contribution in [0.1, 0.15) is 30.6 Å². The average Bonchev–Trinajstić information content (AvgIpc) is 2.39. The molecule has 0 spiro atoms. The lowest BCUT2D eigenvalue weighted by atomic mass is 10.1. The highest BCUT2D eigenvalue weighted by Gasteiger charge is 2.09. The first-order valence-corrected chi connectivity index (χ1v) is 6.05. The maximum atomic E-state index is 11.2. The van der Waals surface area contributed by atoms with Crippen LogP contribution in [0.5, 0.6) is 11.5 Å². The minimum Gasteiger partial charge on any atom is -0.493 e. The zero-order chi connectivity index (χ0) is 14.3. The topological polar surface area (TPSA) is 61.8 Å². The van der Waals surface area contributed by atoms with E-state index in [1.165, 1.54) is 14.0 Å². The highest BCUT2D eigenvalue weighted by molar-refractivity contribution is 5.94. The predicted molar refractivity (Wildman–Crippen MR) is 69.7 cm³/mol. The number of rotatable bonds is 7. The fourth-order valence-electron chi connectivity index (χ4n) is 1.48. The zero-order valence-corrected chi connectivity index (χ0v) is 11.4. The van der Waals surface area contributed by atoms with E-state index in [-0.39, 0.29) is 24.8 Å². The monoisotopic (exact) mass is 266 g/mol. The van der Waals surface area contributed by atoms with Crippen LogP contribution in [0.3, 0.4) is 0 Å². The maximum Gasteiger partial charge on any atom is 0.309 e. The molecule has 0 N–H and O–H groups in total. The Morgan fingerprint density at radius 2 is 1.95 bits per heavy atom. The van der Waals surface area contributed by atoms with Crippen molar-refractivity contribution in [2.45, 2.75) is 20.3 Å². The van der Waals surface area contributed by atoms with E-state index in [4.69, 9.17) is 14.2 Å². The van der Waals surface area contributed by atoms with Crippen molar-refractivity contribution in [2.24, 2.45) is 0 Å². The SMILES string of the molecule is CCOC(=O)CCOc1ccc(C(C)=O)cc1OC. The summed E-state index contributed by atoms with van der Waals surface area (Å²) in [6.45, 7) is 3.79. The summed E-state index contributed by atoms with van der Waals surface area (Å²) in [4.78, 5) is 22.4. The van der Waals surface area contributed by atoms with Crippen LogP contribution in [-0.2, 0) is 9.53 Å². The molecule has 104 valence electrons. The number of carbonyl (C=O) groups is 2. The van der Waals surface area contributed by atoms with E-state index in [0.29, 0.717) is 23.7 Å². The number of Topliss-reactive ketones (excluding diaryl/α,β-unsaturated/α-hetero) is 1. The molecule has 0 radical (unpaired) electrons. The third-order valence-corrected chi connectivity index (χ3v) is 2.44. The van der Waals surface area contributed by atoms with Crippen molar-refractivity contribution in [1.82, 2.24) is 0 Å². The van der Waals surface area contributed by atoms with Crippen LogP contribution in [0.15, 0.2) is 18.2 Å². The van der Waals surface area contributed by atoms with Gasteiger partial charge in [-0.2, -0.15) is 0 Å². The van der Waals surface area contributed by atoms with Crippen molar-refractivity contribution in [2.75, 3.05) is 20.3 Å². The summed E-state index contributed by atoms with van der Waals surface area (Å²) < 4.78 is 15.4. The predicted octanol–water partition coefficient (Wildman–Crippen LogP) is 2.23. The summed E-state index contributed by atoms with van der Waals surface area (Å²) in [6.07, 6.45) is 0.172. The van der Waals surface area contributed by atoms with Crippen molar-refractivity contribution in [3.8, 4) is 11.5 Å². The van der Waals surface area contributed by atoms with Gasteiger partial charge in [0.2, 0.25) is 0 Å². The number of benzene rings is 1. The lowest BCUT2D eigenvalue weighted by Crippen LogP contribution is -2.10. The molecule has 0 unspecified atom stereocenters. The molecule has 5 nitrogen and oxygen atoms in total. The van der Waals surface area contributed by atoms with Crippen LogP contribution < -0.4 is 9.47 Å². The average molecular weight is 266 g/mol. The molecule has 0 aliphatic heterocycles. The van der Waals surface area contributed by atoms with E-state index in [1.807, 2.05) is 0 Å². The van der Waals surface area contributed by atoms with Gasteiger partial charge in [0, 0.05) is 5.56 Å². The van der Waals surface area contributed by atoms with E-state index in [1.54, 1.807) is 25.1 Å². The molecule has 0 saturated heterocycles. The first kappa shape index (κ1) is 15.0. The van der Waals surface area contributed by atoms with E-state index >= 15 is 0 Å². The van der Waals surface area contributed by atoms with Crippen LogP contribution in [0, 0.1) is 0 Å². The van der Waals surface area contributed by atoms with Crippen molar-refractivity contribution in [3.05, 3.63) is 23.8 Å². The van der Waals surface area contributed by atoms with Gasteiger partial charge in [-0.15, -0.1) is 0 Å². The summed E-state index contributed by atoms with van der Waals surface area (Å²) in [5.41, 5.74) is 0.551. The minimum absolute atomic E-state index is 0.0450. The second kappa shape index (κ2) is 7.41. The zero-order valence-electron chi connectivity index (χ0n) is 11.4. The number of carbonyl (C=O) groups excluding carboxylic acids is 2. The third kappa shape index (κ3) is 4.62. The van der Waals surface area contributed by atoms with Gasteiger partial charge in [-0.3, -0.25) is 9.59 Å². The highest BCUT2D eigenvalue weighted by atomic mass is 16.5. The highest BCUT2D eigenvalue weighted by Crippen LogP contribution is 2.28. The van der Waals surface area contributed by atoms with Gasteiger partial charge in [0.15, 0.2) is 17.3 Å². The van der Waals surface area contributed by atoms with Crippen LogP contribution >= 0.6 is 0 Å². The number of esters is 1. The Morgan fingerprint density at radius 1 is 1.21 bits per heavy atom. The molecule has 1 aromatic rings. The number of hydrogen-bond donors (Lipinski definition) is 0. The Bertz CT molecular complexity index is 453. The molecule has 0 fully saturated rings. The molecule has 5 heteroatoms. The summed E-state index contributed by atoms with van der Waals surface area (Å²) >= 11 is 0. The van der Waals surface area contributed by atoms with Crippen LogP contribution in [0.25, 0.3) is 0 Å². The normalized spacial score (nSPS) is 9.84. The second-order valence-corrected chi connectivity index (χ2v) is 3.83. The molecule has 19 heavy (non-hydrogen) atoms. The molecule has 0 aromatic heterocycles. The van der Waals surface area contributed by atoms with Gasteiger partial charge in [0.1, 0.15) is 0 Å². The van der Waals surface area contributed by atoms with Gasteiger partial charge in [-0.25, -0.2) is 0 Å². The molecule has 0 aliphatic carbocycles. The molecule has 0 aliphatic rings. The van der Waals surface area contributed by atoms with E-state index < -0.39 is 0 Å². The molecular weight excluding hydrogens is 248 g/mol. The van der Waals surface area contributed by atoms with E-state index in [9.17, 15) is 9.59 Å². The van der Waals surface area contributed by atoms with Gasteiger partial charge < -0.3 is 14.2 Å². The summed E-state index contributed by atoms with van der Waals surface area (Å²) in [5, 5.41) is 0. The smallest absolute Gasteiger partial charge is 0.309 e. The molecule has 0 atom stereocenters.